The zero-order chi connectivity index (χ0) is 13.6. The highest BCUT2D eigenvalue weighted by molar-refractivity contribution is 5.74. The van der Waals surface area contributed by atoms with Gasteiger partial charge in [0.25, 0.3) is 0 Å². The van der Waals surface area contributed by atoms with Crippen molar-refractivity contribution in [3.05, 3.63) is 48.0 Å². The molecular weight excluding hydrogens is 224 g/mol. The van der Waals surface area contributed by atoms with E-state index in [0.29, 0.717) is 13.1 Å². The predicted molar refractivity (Wildman–Crippen MR) is 75.8 cm³/mol. The molecule has 1 aromatic carbocycles. The summed E-state index contributed by atoms with van der Waals surface area (Å²) in [6.45, 7) is 11.0. The molecule has 18 heavy (non-hydrogen) atoms. The van der Waals surface area contributed by atoms with E-state index >= 15 is 0 Å². The Balaban J connectivity index is 2.62. The number of carbonyl (C=O) groups excluding carboxylic acids is 1. The lowest BCUT2D eigenvalue weighted by Crippen LogP contribution is -2.42. The summed E-state index contributed by atoms with van der Waals surface area (Å²) in [6, 6.07) is 8.10. The Morgan fingerprint density at radius 2 is 2.00 bits per heavy atom. The van der Waals surface area contributed by atoms with Crippen molar-refractivity contribution < 1.29 is 4.79 Å². The molecule has 1 rings (SSSR count). The van der Waals surface area contributed by atoms with Gasteiger partial charge in [0.15, 0.2) is 0 Å². The molecule has 2 N–H and O–H groups in total. The van der Waals surface area contributed by atoms with Crippen LogP contribution in [0.15, 0.2) is 36.9 Å². The van der Waals surface area contributed by atoms with Crippen molar-refractivity contribution >= 4 is 6.03 Å². The van der Waals surface area contributed by atoms with Crippen LogP contribution in [0.1, 0.15) is 25.0 Å². The number of amides is 2. The standard InChI is InChI=1S/C15H22N2O/c1-5-10-16-14(18)17-11-15(3,4)13-9-7-6-8-12(13)2/h5-9H,1,10-11H2,2-4H3,(H2,16,17,18). The van der Waals surface area contributed by atoms with Crippen molar-refractivity contribution in [2.45, 2.75) is 26.2 Å². The van der Waals surface area contributed by atoms with Crippen LogP contribution in [-0.4, -0.2) is 19.1 Å². The van der Waals surface area contributed by atoms with E-state index in [1.165, 1.54) is 11.1 Å². The van der Waals surface area contributed by atoms with Crippen molar-refractivity contribution in [1.82, 2.24) is 10.6 Å². The van der Waals surface area contributed by atoms with E-state index in [4.69, 9.17) is 0 Å². The number of benzene rings is 1. The molecule has 0 saturated heterocycles. The van der Waals surface area contributed by atoms with Crippen molar-refractivity contribution in [2.24, 2.45) is 0 Å². The number of carbonyl (C=O) groups is 1. The average Bonchev–Trinajstić information content (AvgIpc) is 2.34. The number of nitrogens with one attached hydrogen (secondary N) is 2. The molecule has 1 aromatic rings. The lowest BCUT2D eigenvalue weighted by molar-refractivity contribution is 0.239. The zero-order valence-electron chi connectivity index (χ0n) is 11.4. The maximum absolute atomic E-state index is 11.5. The number of rotatable bonds is 5. The van der Waals surface area contributed by atoms with Gasteiger partial charge in [0.2, 0.25) is 0 Å². The highest BCUT2D eigenvalue weighted by atomic mass is 16.2. The smallest absolute Gasteiger partial charge is 0.315 e. The summed E-state index contributed by atoms with van der Waals surface area (Å²) in [5.74, 6) is 0. The van der Waals surface area contributed by atoms with Crippen molar-refractivity contribution in [3.8, 4) is 0 Å². The molecule has 3 heteroatoms. The molecule has 0 bridgehead atoms. The molecule has 0 atom stereocenters. The maximum atomic E-state index is 11.5. The van der Waals surface area contributed by atoms with Crippen LogP contribution >= 0.6 is 0 Å². The summed E-state index contributed by atoms with van der Waals surface area (Å²) in [6.07, 6.45) is 1.66. The molecule has 0 aromatic heterocycles. The van der Waals surface area contributed by atoms with Crippen LogP contribution in [0.25, 0.3) is 0 Å². The summed E-state index contributed by atoms with van der Waals surface area (Å²) < 4.78 is 0. The third-order valence-corrected chi connectivity index (χ3v) is 2.97. The van der Waals surface area contributed by atoms with Crippen molar-refractivity contribution in [2.75, 3.05) is 13.1 Å². The summed E-state index contributed by atoms with van der Waals surface area (Å²) in [7, 11) is 0. The molecule has 0 saturated carbocycles. The Morgan fingerprint density at radius 3 is 2.61 bits per heavy atom. The van der Waals surface area contributed by atoms with Gasteiger partial charge in [-0.3, -0.25) is 0 Å². The minimum atomic E-state index is -0.156. The van der Waals surface area contributed by atoms with Gasteiger partial charge in [-0.05, 0) is 18.1 Å². The Kier molecular flexibility index (Phi) is 4.95. The van der Waals surface area contributed by atoms with E-state index in [2.05, 4.69) is 50.1 Å². The average molecular weight is 246 g/mol. The van der Waals surface area contributed by atoms with Crippen molar-refractivity contribution in [1.29, 1.82) is 0 Å². The number of aryl methyl sites for hydroxylation is 1. The van der Waals surface area contributed by atoms with Crippen LogP contribution in [0.5, 0.6) is 0 Å². The van der Waals surface area contributed by atoms with E-state index in [-0.39, 0.29) is 11.4 Å². The second-order valence-corrected chi connectivity index (χ2v) is 5.05. The van der Waals surface area contributed by atoms with Crippen LogP contribution in [0.2, 0.25) is 0 Å². The first-order chi connectivity index (χ1) is 8.47. The highest BCUT2D eigenvalue weighted by Crippen LogP contribution is 2.25. The van der Waals surface area contributed by atoms with Crippen LogP contribution in [-0.2, 0) is 5.41 Å². The van der Waals surface area contributed by atoms with Gasteiger partial charge in [0, 0.05) is 18.5 Å². The molecule has 0 spiro atoms. The fourth-order valence-electron chi connectivity index (χ4n) is 1.96. The summed E-state index contributed by atoms with van der Waals surface area (Å²) in [5.41, 5.74) is 2.42. The lowest BCUT2D eigenvalue weighted by Gasteiger charge is -2.27. The first kappa shape index (κ1) is 14.3. The fourth-order valence-corrected chi connectivity index (χ4v) is 1.96. The Labute approximate surface area is 109 Å². The molecule has 2 amide bonds. The molecule has 98 valence electrons. The maximum Gasteiger partial charge on any atom is 0.315 e. The summed E-state index contributed by atoms with van der Waals surface area (Å²) in [4.78, 5) is 11.5. The Morgan fingerprint density at radius 1 is 1.33 bits per heavy atom. The van der Waals surface area contributed by atoms with E-state index < -0.39 is 0 Å². The van der Waals surface area contributed by atoms with Gasteiger partial charge in [-0.25, -0.2) is 4.79 Å². The lowest BCUT2D eigenvalue weighted by atomic mass is 9.82. The fraction of sp³-hybridized carbons (Fsp3) is 0.400. The van der Waals surface area contributed by atoms with Crippen LogP contribution in [0, 0.1) is 6.92 Å². The number of hydrogen-bond acceptors (Lipinski definition) is 1. The molecule has 0 fully saturated rings. The van der Waals surface area contributed by atoms with E-state index in [9.17, 15) is 4.79 Å². The normalized spacial score (nSPS) is 10.8. The molecule has 3 nitrogen and oxygen atoms in total. The highest BCUT2D eigenvalue weighted by Gasteiger charge is 2.22. The quantitative estimate of drug-likeness (QED) is 0.771. The van der Waals surface area contributed by atoms with Crippen LogP contribution in [0.4, 0.5) is 4.79 Å². The molecule has 0 aliphatic rings. The van der Waals surface area contributed by atoms with Gasteiger partial charge in [0.1, 0.15) is 0 Å². The first-order valence-corrected chi connectivity index (χ1v) is 6.16. The third-order valence-electron chi connectivity index (χ3n) is 2.97. The molecule has 0 unspecified atom stereocenters. The zero-order valence-corrected chi connectivity index (χ0v) is 11.4. The predicted octanol–water partition coefficient (Wildman–Crippen LogP) is 2.76. The Bertz CT molecular complexity index is 424. The van der Waals surface area contributed by atoms with Gasteiger partial charge in [0.05, 0.1) is 0 Å². The minimum Gasteiger partial charge on any atom is -0.337 e. The summed E-state index contributed by atoms with van der Waals surface area (Å²) in [5, 5.41) is 5.59. The second-order valence-electron chi connectivity index (χ2n) is 5.05. The summed E-state index contributed by atoms with van der Waals surface area (Å²) >= 11 is 0. The molecular formula is C15H22N2O. The van der Waals surface area contributed by atoms with Crippen molar-refractivity contribution in [3.63, 3.8) is 0 Å². The molecule has 0 aliphatic carbocycles. The second kappa shape index (κ2) is 6.24. The molecule has 0 heterocycles. The SMILES string of the molecule is C=CCNC(=O)NCC(C)(C)c1ccccc1C. The van der Waals surface area contributed by atoms with Gasteiger partial charge >= 0.3 is 6.03 Å². The molecule has 0 aliphatic heterocycles. The van der Waals surface area contributed by atoms with E-state index in [0.717, 1.165) is 0 Å². The topological polar surface area (TPSA) is 41.1 Å². The minimum absolute atomic E-state index is 0.0864. The van der Waals surface area contributed by atoms with Crippen LogP contribution in [0.3, 0.4) is 0 Å². The molecule has 0 radical (unpaired) electrons. The van der Waals surface area contributed by atoms with E-state index in [1.54, 1.807) is 6.08 Å². The van der Waals surface area contributed by atoms with Gasteiger partial charge in [-0.15, -0.1) is 6.58 Å². The number of hydrogen-bond donors (Lipinski definition) is 2. The van der Waals surface area contributed by atoms with Gasteiger partial charge in [-0.2, -0.15) is 0 Å². The van der Waals surface area contributed by atoms with E-state index in [1.807, 2.05) is 12.1 Å². The monoisotopic (exact) mass is 246 g/mol. The number of urea groups is 1. The van der Waals surface area contributed by atoms with Gasteiger partial charge < -0.3 is 10.6 Å². The van der Waals surface area contributed by atoms with Gasteiger partial charge in [-0.1, -0.05) is 44.2 Å². The first-order valence-electron chi connectivity index (χ1n) is 6.16. The third kappa shape index (κ3) is 3.91. The van der Waals surface area contributed by atoms with Crippen LogP contribution < -0.4 is 10.6 Å². The largest absolute Gasteiger partial charge is 0.337 e. The Hall–Kier alpha value is -1.77.